The van der Waals surface area contributed by atoms with Crippen LogP contribution in [0.25, 0.3) is 0 Å². The largest absolute Gasteiger partial charge is 0.443 e. The van der Waals surface area contributed by atoms with Crippen LogP contribution in [0.5, 0.6) is 5.75 Å². The number of hydrogen-bond acceptors (Lipinski definition) is 6. The van der Waals surface area contributed by atoms with Crippen molar-refractivity contribution in [2.24, 2.45) is 0 Å². The van der Waals surface area contributed by atoms with Crippen molar-refractivity contribution < 1.29 is 24.0 Å². The second kappa shape index (κ2) is 8.85. The van der Waals surface area contributed by atoms with Crippen LogP contribution >= 0.6 is 0 Å². The van der Waals surface area contributed by atoms with Crippen LogP contribution in [0.3, 0.4) is 0 Å². The van der Waals surface area contributed by atoms with E-state index >= 15 is 0 Å². The molecule has 2 amide bonds. The minimum atomic E-state index is -0.872. The molecule has 0 aliphatic carbocycles. The molecule has 0 fully saturated rings. The first-order valence-electron chi connectivity index (χ1n) is 8.41. The molecule has 0 spiro atoms. The third-order valence-corrected chi connectivity index (χ3v) is 3.28. The number of nitrogens with one attached hydrogen (secondary N) is 1. The number of amides is 2. The molecule has 2 rings (SSSR count). The lowest BCUT2D eigenvalue weighted by atomic mass is 10.2. The van der Waals surface area contributed by atoms with Crippen LogP contribution in [0.2, 0.25) is 0 Å². The number of carbonyl (C=O) groups is 2. The van der Waals surface area contributed by atoms with Gasteiger partial charge in [-0.2, -0.15) is 0 Å². The Morgan fingerprint density at radius 1 is 1.07 bits per heavy atom. The number of ether oxygens (including phenoxy) is 2. The van der Waals surface area contributed by atoms with Gasteiger partial charge >= 0.3 is 12.2 Å². The van der Waals surface area contributed by atoms with Crippen molar-refractivity contribution in [3.63, 3.8) is 0 Å². The smallest absolute Gasteiger partial charge is 0.434 e. The van der Waals surface area contributed by atoms with E-state index in [0.29, 0.717) is 0 Å². The van der Waals surface area contributed by atoms with Crippen molar-refractivity contribution in [1.82, 2.24) is 10.4 Å². The van der Waals surface area contributed by atoms with Gasteiger partial charge in [-0.3, -0.25) is 10.1 Å². The predicted molar refractivity (Wildman–Crippen MR) is 100 cm³/mol. The summed E-state index contributed by atoms with van der Waals surface area (Å²) in [4.78, 5) is 34.8. The van der Waals surface area contributed by atoms with Gasteiger partial charge in [0.1, 0.15) is 11.4 Å². The van der Waals surface area contributed by atoms with Crippen molar-refractivity contribution in [2.75, 3.05) is 0 Å². The van der Waals surface area contributed by atoms with E-state index in [0.717, 1.165) is 10.6 Å². The molecule has 0 aliphatic heterocycles. The predicted octanol–water partition coefficient (Wildman–Crippen LogP) is 4.04. The molecule has 0 unspecified atom stereocenters. The highest BCUT2D eigenvalue weighted by molar-refractivity contribution is 5.75. The second-order valence-electron chi connectivity index (χ2n) is 6.80. The summed E-state index contributed by atoms with van der Waals surface area (Å²) < 4.78 is 10.4. The van der Waals surface area contributed by atoms with Crippen molar-refractivity contribution in [1.29, 1.82) is 0 Å². The maximum Gasteiger partial charge on any atom is 0.434 e. The minimum Gasteiger partial charge on any atom is -0.443 e. The molecule has 0 heterocycles. The van der Waals surface area contributed by atoms with Crippen molar-refractivity contribution in [3.8, 4) is 5.75 Å². The summed E-state index contributed by atoms with van der Waals surface area (Å²) in [7, 11) is 0. The zero-order valence-corrected chi connectivity index (χ0v) is 15.7. The third-order valence-electron chi connectivity index (χ3n) is 3.28. The van der Waals surface area contributed by atoms with Gasteiger partial charge < -0.3 is 9.47 Å². The fourth-order valence-corrected chi connectivity index (χ4v) is 2.12. The van der Waals surface area contributed by atoms with Crippen molar-refractivity contribution in [2.45, 2.75) is 32.9 Å². The zero-order chi connectivity index (χ0) is 20.7. The van der Waals surface area contributed by atoms with Gasteiger partial charge in [0, 0.05) is 12.1 Å². The van der Waals surface area contributed by atoms with Crippen LogP contribution in [-0.2, 0) is 11.3 Å². The van der Waals surface area contributed by atoms with E-state index in [1.165, 1.54) is 24.3 Å². The van der Waals surface area contributed by atoms with E-state index in [9.17, 15) is 19.7 Å². The number of benzene rings is 2. The fourth-order valence-electron chi connectivity index (χ4n) is 2.12. The molecular weight excluding hydrogens is 366 g/mol. The Labute approximate surface area is 162 Å². The molecule has 0 aromatic heterocycles. The lowest BCUT2D eigenvalue weighted by molar-refractivity contribution is -0.384. The number of hydrogen-bond donors (Lipinski definition) is 1. The second-order valence-corrected chi connectivity index (χ2v) is 6.80. The van der Waals surface area contributed by atoms with Gasteiger partial charge in [0.05, 0.1) is 11.5 Å². The van der Waals surface area contributed by atoms with Crippen LogP contribution in [0.4, 0.5) is 15.3 Å². The first-order chi connectivity index (χ1) is 13.1. The topological polar surface area (TPSA) is 111 Å². The maximum atomic E-state index is 12.5. The van der Waals surface area contributed by atoms with Crippen LogP contribution in [0, 0.1) is 10.1 Å². The van der Waals surface area contributed by atoms with Crippen molar-refractivity contribution in [3.05, 3.63) is 70.3 Å². The number of non-ortho nitro benzene ring substituents is 1. The van der Waals surface area contributed by atoms with E-state index in [1.807, 2.05) is 6.07 Å². The van der Waals surface area contributed by atoms with Crippen LogP contribution in [0.1, 0.15) is 26.3 Å². The lowest BCUT2D eigenvalue weighted by Gasteiger charge is -2.25. The summed E-state index contributed by atoms with van der Waals surface area (Å²) in [5, 5.41) is 11.7. The molecule has 1 N–H and O–H groups in total. The molecule has 2 aromatic carbocycles. The number of nitro groups is 1. The van der Waals surface area contributed by atoms with Crippen LogP contribution in [0.15, 0.2) is 54.6 Å². The number of rotatable bonds is 4. The van der Waals surface area contributed by atoms with Crippen molar-refractivity contribution >= 4 is 17.9 Å². The summed E-state index contributed by atoms with van der Waals surface area (Å²) >= 11 is 0. The molecule has 0 saturated heterocycles. The Hall–Kier alpha value is -3.62. The quantitative estimate of drug-likeness (QED) is 0.626. The Bertz CT molecular complexity index is 831. The molecule has 28 heavy (non-hydrogen) atoms. The molecule has 2 aromatic rings. The van der Waals surface area contributed by atoms with Gasteiger partial charge in [-0.1, -0.05) is 30.3 Å². The van der Waals surface area contributed by atoms with Gasteiger partial charge in [-0.25, -0.2) is 20.0 Å². The molecule has 0 aliphatic rings. The van der Waals surface area contributed by atoms with Gasteiger partial charge in [0.2, 0.25) is 0 Å². The Morgan fingerprint density at radius 2 is 1.68 bits per heavy atom. The van der Waals surface area contributed by atoms with Gasteiger partial charge in [-0.15, -0.1) is 0 Å². The summed E-state index contributed by atoms with van der Waals surface area (Å²) in [6.07, 6.45) is -1.69. The van der Waals surface area contributed by atoms with E-state index in [-0.39, 0.29) is 18.0 Å². The Balaban J connectivity index is 2.13. The Morgan fingerprint density at radius 3 is 2.21 bits per heavy atom. The summed E-state index contributed by atoms with van der Waals surface area (Å²) in [6, 6.07) is 14.0. The van der Waals surface area contributed by atoms with Gasteiger partial charge in [-0.05, 0) is 38.5 Å². The van der Waals surface area contributed by atoms with Gasteiger partial charge in [0.15, 0.2) is 0 Å². The Kier molecular flexibility index (Phi) is 6.54. The molecule has 0 atom stereocenters. The highest BCUT2D eigenvalue weighted by atomic mass is 16.6. The molecule has 0 saturated carbocycles. The standard InChI is InChI=1S/C19H21N3O6/c1-19(2,3)28-17(23)20-21(13-14-7-5-4-6-8-14)18(24)27-16-11-9-15(10-12-16)22(25)26/h4-12H,13H2,1-3H3,(H,20,23). The number of nitro benzene ring substituents is 1. The highest BCUT2D eigenvalue weighted by Crippen LogP contribution is 2.18. The molecule has 0 bridgehead atoms. The highest BCUT2D eigenvalue weighted by Gasteiger charge is 2.23. The number of carbonyl (C=O) groups excluding carboxylic acids is 2. The maximum absolute atomic E-state index is 12.5. The van der Waals surface area contributed by atoms with Gasteiger partial charge in [0.25, 0.3) is 5.69 Å². The molecule has 9 nitrogen and oxygen atoms in total. The molecule has 0 radical (unpaired) electrons. The molecule has 148 valence electrons. The minimum absolute atomic E-state index is 0.0336. The van der Waals surface area contributed by atoms with Crippen LogP contribution in [-0.4, -0.2) is 27.7 Å². The summed E-state index contributed by atoms with van der Waals surface area (Å²) in [6.45, 7) is 5.13. The number of hydrazine groups is 1. The molecular formula is C19H21N3O6. The third kappa shape index (κ3) is 6.60. The first kappa shape index (κ1) is 20.7. The van der Waals surface area contributed by atoms with Crippen LogP contribution < -0.4 is 10.2 Å². The summed E-state index contributed by atoms with van der Waals surface area (Å²) in [5.41, 5.74) is 2.23. The average Bonchev–Trinajstić information content (AvgIpc) is 2.61. The molecule has 9 heteroatoms. The van der Waals surface area contributed by atoms with E-state index in [1.54, 1.807) is 45.0 Å². The zero-order valence-electron chi connectivity index (χ0n) is 15.7. The summed E-state index contributed by atoms with van der Waals surface area (Å²) in [5.74, 6) is 0.0969. The fraction of sp³-hybridized carbons (Fsp3) is 0.263. The number of nitrogens with zero attached hydrogens (tertiary/aromatic N) is 2. The average molecular weight is 387 g/mol. The SMILES string of the molecule is CC(C)(C)OC(=O)NN(Cc1ccccc1)C(=O)Oc1ccc([N+](=O)[O-])cc1. The van der Waals surface area contributed by atoms with E-state index < -0.39 is 22.7 Å². The van der Waals surface area contributed by atoms with E-state index in [2.05, 4.69) is 5.43 Å². The van der Waals surface area contributed by atoms with E-state index in [4.69, 9.17) is 9.47 Å². The monoisotopic (exact) mass is 387 g/mol. The normalized spacial score (nSPS) is 10.7. The first-order valence-corrected chi connectivity index (χ1v) is 8.41. The lowest BCUT2D eigenvalue weighted by Crippen LogP contribution is -2.48.